The third kappa shape index (κ3) is 4.84. The summed E-state index contributed by atoms with van der Waals surface area (Å²) in [5, 5.41) is 12.5. The minimum atomic E-state index is -0.891. The van der Waals surface area contributed by atoms with Crippen LogP contribution in [-0.2, 0) is 11.2 Å². The van der Waals surface area contributed by atoms with Gasteiger partial charge in [-0.3, -0.25) is 0 Å². The number of para-hydroxylation sites is 1. The van der Waals surface area contributed by atoms with Crippen molar-refractivity contribution in [1.29, 1.82) is 5.26 Å². The number of fused-ring (bicyclic) bond motifs is 1. The number of hydrogen-bond donors (Lipinski definition) is 1. The van der Waals surface area contributed by atoms with Crippen LogP contribution < -0.4 is 5.32 Å². The predicted octanol–water partition coefficient (Wildman–Crippen LogP) is 5.06. The molecule has 0 aliphatic rings. The van der Waals surface area contributed by atoms with Crippen LogP contribution in [0.15, 0.2) is 42.5 Å². The Bertz CT molecular complexity index is 1020. The fraction of sp³-hybridized carbons (Fsp3) is 0.286. The van der Waals surface area contributed by atoms with E-state index in [0.29, 0.717) is 11.1 Å². The van der Waals surface area contributed by atoms with E-state index in [-0.39, 0.29) is 6.42 Å². The number of amides is 1. The van der Waals surface area contributed by atoms with Gasteiger partial charge in [0, 0.05) is 12.0 Å². The molecule has 1 amide bonds. The number of aromatic nitrogens is 1. The molecule has 3 rings (SSSR count). The number of carbonyl (C=O) groups is 1. The van der Waals surface area contributed by atoms with Crippen molar-refractivity contribution in [2.45, 2.75) is 38.8 Å². The SMILES string of the molecule is CC(C)(C)OC(=O)N[C@H](C#N)Cc1ccc(-c2nc3ccccc3s2)cc1F. The Hall–Kier alpha value is -2.98. The Morgan fingerprint density at radius 1 is 1.32 bits per heavy atom. The van der Waals surface area contributed by atoms with E-state index in [1.807, 2.05) is 30.3 Å². The first-order chi connectivity index (χ1) is 13.2. The van der Waals surface area contributed by atoms with Crippen LogP contribution in [0.2, 0.25) is 0 Å². The summed E-state index contributed by atoms with van der Waals surface area (Å²) in [6.07, 6.45) is -0.660. The summed E-state index contributed by atoms with van der Waals surface area (Å²) >= 11 is 1.49. The molecule has 28 heavy (non-hydrogen) atoms. The van der Waals surface area contributed by atoms with Gasteiger partial charge in [-0.25, -0.2) is 14.2 Å². The van der Waals surface area contributed by atoms with Crippen LogP contribution in [0.4, 0.5) is 9.18 Å². The Morgan fingerprint density at radius 2 is 2.07 bits per heavy atom. The standard InChI is InChI=1S/C21H20FN3O2S/c1-21(2,3)27-20(26)24-15(12-23)10-13-8-9-14(11-16(13)22)19-25-17-6-4-5-7-18(17)28-19/h4-9,11,15H,10H2,1-3H3,(H,24,26)/t15-/m0/s1. The molecule has 0 saturated heterocycles. The zero-order valence-corrected chi connectivity index (χ0v) is 16.6. The molecule has 0 spiro atoms. The molecule has 1 aromatic heterocycles. The van der Waals surface area contributed by atoms with Crippen molar-refractivity contribution in [1.82, 2.24) is 10.3 Å². The van der Waals surface area contributed by atoms with Gasteiger partial charge in [0.2, 0.25) is 0 Å². The third-order valence-electron chi connectivity index (χ3n) is 3.86. The van der Waals surface area contributed by atoms with Gasteiger partial charge in [-0.15, -0.1) is 11.3 Å². The fourth-order valence-corrected chi connectivity index (χ4v) is 3.60. The highest BCUT2D eigenvalue weighted by molar-refractivity contribution is 7.21. The van der Waals surface area contributed by atoms with Gasteiger partial charge in [0.25, 0.3) is 0 Å². The van der Waals surface area contributed by atoms with E-state index in [1.54, 1.807) is 32.9 Å². The molecule has 0 aliphatic carbocycles. The highest BCUT2D eigenvalue weighted by Crippen LogP contribution is 2.31. The summed E-state index contributed by atoms with van der Waals surface area (Å²) in [4.78, 5) is 16.4. The molecule has 144 valence electrons. The van der Waals surface area contributed by atoms with Crippen LogP contribution in [0.5, 0.6) is 0 Å². The number of nitrogens with zero attached hydrogens (tertiary/aromatic N) is 2. The lowest BCUT2D eigenvalue weighted by Crippen LogP contribution is -2.39. The van der Waals surface area contributed by atoms with Crippen molar-refractivity contribution in [3.63, 3.8) is 0 Å². The smallest absolute Gasteiger partial charge is 0.408 e. The summed E-state index contributed by atoms with van der Waals surface area (Å²) < 4.78 is 20.8. The molecule has 2 aromatic carbocycles. The van der Waals surface area contributed by atoms with E-state index in [0.717, 1.165) is 15.2 Å². The zero-order valence-electron chi connectivity index (χ0n) is 15.8. The number of rotatable bonds is 4. The van der Waals surface area contributed by atoms with Crippen LogP contribution in [0.25, 0.3) is 20.8 Å². The Labute approximate surface area is 166 Å². The highest BCUT2D eigenvalue weighted by Gasteiger charge is 2.20. The molecular weight excluding hydrogens is 377 g/mol. The number of thiazole rings is 1. The molecule has 1 N–H and O–H groups in total. The number of benzene rings is 2. The lowest BCUT2D eigenvalue weighted by atomic mass is 10.0. The van der Waals surface area contributed by atoms with Crippen LogP contribution >= 0.6 is 11.3 Å². The van der Waals surface area contributed by atoms with Gasteiger partial charge in [0.05, 0.1) is 16.3 Å². The molecule has 0 fully saturated rings. The van der Waals surface area contributed by atoms with Crippen molar-refractivity contribution in [3.8, 4) is 16.6 Å². The fourth-order valence-electron chi connectivity index (χ4n) is 2.64. The van der Waals surface area contributed by atoms with Crippen molar-refractivity contribution in [3.05, 3.63) is 53.8 Å². The van der Waals surface area contributed by atoms with Crippen molar-refractivity contribution < 1.29 is 13.9 Å². The molecule has 0 aliphatic heterocycles. The number of nitriles is 1. The molecule has 0 unspecified atom stereocenters. The number of hydrogen-bond acceptors (Lipinski definition) is 5. The lowest BCUT2D eigenvalue weighted by molar-refractivity contribution is 0.0515. The van der Waals surface area contributed by atoms with Crippen LogP contribution in [0, 0.1) is 17.1 Å². The first-order valence-electron chi connectivity index (χ1n) is 8.78. The van der Waals surface area contributed by atoms with E-state index in [2.05, 4.69) is 10.3 Å². The highest BCUT2D eigenvalue weighted by atomic mass is 32.1. The minimum Gasteiger partial charge on any atom is -0.444 e. The summed E-state index contributed by atoms with van der Waals surface area (Å²) in [7, 11) is 0. The number of halogens is 1. The Balaban J connectivity index is 1.74. The summed E-state index contributed by atoms with van der Waals surface area (Å²) in [5.41, 5.74) is 1.22. The Kier molecular flexibility index (Phi) is 5.61. The van der Waals surface area contributed by atoms with E-state index >= 15 is 0 Å². The van der Waals surface area contributed by atoms with Gasteiger partial charge in [-0.05, 0) is 44.5 Å². The largest absolute Gasteiger partial charge is 0.444 e. The molecule has 0 radical (unpaired) electrons. The average molecular weight is 397 g/mol. The summed E-state index contributed by atoms with van der Waals surface area (Å²) in [6.45, 7) is 5.19. The normalized spacial score (nSPS) is 12.4. The van der Waals surface area contributed by atoms with Crippen LogP contribution in [0.3, 0.4) is 0 Å². The van der Waals surface area contributed by atoms with E-state index in [1.165, 1.54) is 17.4 Å². The average Bonchev–Trinajstić information content (AvgIpc) is 3.05. The lowest BCUT2D eigenvalue weighted by Gasteiger charge is -2.21. The third-order valence-corrected chi connectivity index (χ3v) is 4.95. The monoisotopic (exact) mass is 397 g/mol. The van der Waals surface area contributed by atoms with Gasteiger partial charge in [0.1, 0.15) is 22.5 Å². The van der Waals surface area contributed by atoms with Crippen molar-refractivity contribution in [2.24, 2.45) is 0 Å². The Morgan fingerprint density at radius 3 is 2.71 bits per heavy atom. The topological polar surface area (TPSA) is 75.0 Å². The second-order valence-corrected chi connectivity index (χ2v) is 8.36. The number of carbonyl (C=O) groups excluding carboxylic acids is 1. The molecule has 0 bridgehead atoms. The van der Waals surface area contributed by atoms with E-state index in [4.69, 9.17) is 4.74 Å². The number of alkyl carbamates (subject to hydrolysis) is 1. The zero-order chi connectivity index (χ0) is 20.3. The molecular formula is C21H20FN3O2S. The molecule has 3 aromatic rings. The molecule has 5 nitrogen and oxygen atoms in total. The van der Waals surface area contributed by atoms with Crippen molar-refractivity contribution in [2.75, 3.05) is 0 Å². The maximum absolute atomic E-state index is 14.6. The van der Waals surface area contributed by atoms with Gasteiger partial charge in [-0.2, -0.15) is 5.26 Å². The van der Waals surface area contributed by atoms with Crippen molar-refractivity contribution >= 4 is 27.6 Å². The molecule has 0 saturated carbocycles. The maximum atomic E-state index is 14.6. The molecule has 1 heterocycles. The van der Waals surface area contributed by atoms with Crippen LogP contribution in [0.1, 0.15) is 26.3 Å². The van der Waals surface area contributed by atoms with Crippen LogP contribution in [-0.4, -0.2) is 22.7 Å². The summed E-state index contributed by atoms with van der Waals surface area (Å²) in [6, 6.07) is 13.6. The minimum absolute atomic E-state index is 0.0434. The first kappa shape index (κ1) is 19.8. The second kappa shape index (κ2) is 7.95. The quantitative estimate of drug-likeness (QED) is 0.667. The predicted molar refractivity (Wildman–Crippen MR) is 107 cm³/mol. The van der Waals surface area contributed by atoms with E-state index in [9.17, 15) is 14.4 Å². The molecule has 7 heteroatoms. The van der Waals surface area contributed by atoms with Gasteiger partial charge >= 0.3 is 6.09 Å². The second-order valence-electron chi connectivity index (χ2n) is 7.32. The van der Waals surface area contributed by atoms with Gasteiger partial charge < -0.3 is 10.1 Å². The number of nitrogens with one attached hydrogen (secondary N) is 1. The molecule has 1 atom stereocenters. The van der Waals surface area contributed by atoms with Gasteiger partial charge in [0.15, 0.2) is 0 Å². The van der Waals surface area contributed by atoms with E-state index < -0.39 is 23.6 Å². The van der Waals surface area contributed by atoms with Gasteiger partial charge in [-0.1, -0.05) is 24.3 Å². The number of ether oxygens (including phenoxy) is 1. The first-order valence-corrected chi connectivity index (χ1v) is 9.60. The maximum Gasteiger partial charge on any atom is 0.408 e. The summed E-state index contributed by atoms with van der Waals surface area (Å²) in [5.74, 6) is -0.442.